The van der Waals surface area contributed by atoms with E-state index in [1.54, 1.807) is 17.5 Å². The van der Waals surface area contributed by atoms with E-state index in [0.29, 0.717) is 32.6 Å². The van der Waals surface area contributed by atoms with Crippen LogP contribution >= 0.6 is 11.3 Å². The van der Waals surface area contributed by atoms with Crippen LogP contribution in [0.25, 0.3) is 0 Å². The Balaban J connectivity index is 2.07. The highest BCUT2D eigenvalue weighted by Gasteiger charge is 2.42. The highest BCUT2D eigenvalue weighted by atomic mass is 32.1. The molecule has 0 aliphatic carbocycles. The molecule has 18 heavy (non-hydrogen) atoms. The first-order valence-electron chi connectivity index (χ1n) is 5.79. The van der Waals surface area contributed by atoms with Gasteiger partial charge in [-0.05, 0) is 12.8 Å². The molecule has 0 N–H and O–H groups in total. The van der Waals surface area contributed by atoms with Crippen molar-refractivity contribution in [2.24, 2.45) is 5.41 Å². The molecule has 96 valence electrons. The third kappa shape index (κ3) is 2.52. The average Bonchev–Trinajstić information content (AvgIpc) is 2.91. The van der Waals surface area contributed by atoms with Crippen LogP contribution in [-0.4, -0.2) is 36.1 Å². The van der Waals surface area contributed by atoms with Crippen LogP contribution in [0.15, 0.2) is 10.9 Å². The fourth-order valence-electron chi connectivity index (χ4n) is 2.09. The minimum absolute atomic E-state index is 0.124. The van der Waals surface area contributed by atoms with Crippen molar-refractivity contribution < 1.29 is 9.53 Å². The van der Waals surface area contributed by atoms with Crippen molar-refractivity contribution in [3.63, 3.8) is 0 Å². The second kappa shape index (κ2) is 5.46. The van der Waals surface area contributed by atoms with Crippen molar-refractivity contribution in [2.45, 2.75) is 19.4 Å². The Morgan fingerprint density at radius 3 is 2.94 bits per heavy atom. The lowest BCUT2D eigenvalue weighted by Gasteiger charge is -2.32. The standard InChI is InChI=1S/C12H15N3O2S/c1-15(6-10-7-18-9-14-10)11(16)12(8-13)2-4-17-5-3-12/h7,9H,2-6H2,1H3. The number of ether oxygens (including phenoxy) is 1. The molecule has 1 amide bonds. The van der Waals surface area contributed by atoms with Crippen molar-refractivity contribution in [2.75, 3.05) is 20.3 Å². The summed E-state index contributed by atoms with van der Waals surface area (Å²) in [6, 6.07) is 2.19. The Morgan fingerprint density at radius 2 is 2.39 bits per heavy atom. The summed E-state index contributed by atoms with van der Waals surface area (Å²) in [5.41, 5.74) is 1.68. The van der Waals surface area contributed by atoms with E-state index in [1.807, 2.05) is 5.38 Å². The first kappa shape index (κ1) is 13.0. The van der Waals surface area contributed by atoms with E-state index in [9.17, 15) is 10.1 Å². The van der Waals surface area contributed by atoms with Crippen LogP contribution in [-0.2, 0) is 16.1 Å². The van der Waals surface area contributed by atoms with E-state index in [-0.39, 0.29) is 5.91 Å². The van der Waals surface area contributed by atoms with Crippen LogP contribution < -0.4 is 0 Å². The van der Waals surface area contributed by atoms with Crippen LogP contribution in [0, 0.1) is 16.7 Å². The van der Waals surface area contributed by atoms with Crippen molar-refractivity contribution >= 4 is 17.2 Å². The Bertz CT molecular complexity index is 446. The molecule has 0 radical (unpaired) electrons. The number of carbonyl (C=O) groups excluding carboxylic acids is 1. The van der Waals surface area contributed by atoms with Crippen molar-refractivity contribution in [1.82, 2.24) is 9.88 Å². The number of hydrogen-bond donors (Lipinski definition) is 0. The van der Waals surface area contributed by atoms with E-state index >= 15 is 0 Å². The monoisotopic (exact) mass is 265 g/mol. The summed E-state index contributed by atoms with van der Waals surface area (Å²) in [7, 11) is 1.72. The molecule has 0 saturated carbocycles. The molecule has 6 heteroatoms. The zero-order valence-electron chi connectivity index (χ0n) is 10.3. The predicted octanol–water partition coefficient (Wildman–Crippen LogP) is 1.42. The van der Waals surface area contributed by atoms with Crippen LogP contribution in [0.4, 0.5) is 0 Å². The molecule has 0 aromatic carbocycles. The van der Waals surface area contributed by atoms with E-state index in [4.69, 9.17) is 4.74 Å². The maximum Gasteiger partial charge on any atom is 0.243 e. The fourth-order valence-corrected chi connectivity index (χ4v) is 2.64. The van der Waals surface area contributed by atoms with Gasteiger partial charge in [0, 0.05) is 25.6 Å². The van der Waals surface area contributed by atoms with Gasteiger partial charge in [0.25, 0.3) is 0 Å². The maximum atomic E-state index is 12.4. The lowest BCUT2D eigenvalue weighted by atomic mass is 9.80. The number of hydrogen-bond acceptors (Lipinski definition) is 5. The number of amides is 1. The highest BCUT2D eigenvalue weighted by molar-refractivity contribution is 7.07. The molecule has 1 fully saturated rings. The van der Waals surface area contributed by atoms with Crippen LogP contribution in [0.2, 0.25) is 0 Å². The summed E-state index contributed by atoms with van der Waals surface area (Å²) in [4.78, 5) is 18.1. The van der Waals surface area contributed by atoms with Gasteiger partial charge < -0.3 is 9.64 Å². The SMILES string of the molecule is CN(Cc1cscn1)C(=O)C1(C#N)CCOCC1. The van der Waals surface area contributed by atoms with Gasteiger partial charge in [0.1, 0.15) is 5.41 Å². The number of carbonyl (C=O) groups is 1. The zero-order valence-corrected chi connectivity index (χ0v) is 11.1. The normalized spacial score (nSPS) is 18.0. The lowest BCUT2D eigenvalue weighted by Crippen LogP contribution is -2.44. The molecule has 2 rings (SSSR count). The lowest BCUT2D eigenvalue weighted by molar-refractivity contribution is -0.142. The molecule has 1 aromatic heterocycles. The molecule has 0 spiro atoms. The van der Waals surface area contributed by atoms with E-state index in [0.717, 1.165) is 5.69 Å². The molecule has 1 aromatic rings. The van der Waals surface area contributed by atoms with Crippen LogP contribution in [0.1, 0.15) is 18.5 Å². The summed E-state index contributed by atoms with van der Waals surface area (Å²) in [5.74, 6) is -0.124. The Morgan fingerprint density at radius 1 is 1.67 bits per heavy atom. The summed E-state index contributed by atoms with van der Waals surface area (Å²) >= 11 is 1.50. The topological polar surface area (TPSA) is 66.2 Å². The molecule has 2 heterocycles. The second-order valence-corrected chi connectivity index (χ2v) is 5.17. The third-order valence-electron chi connectivity index (χ3n) is 3.20. The maximum absolute atomic E-state index is 12.4. The minimum Gasteiger partial charge on any atom is -0.381 e. The van der Waals surface area contributed by atoms with Gasteiger partial charge in [0.05, 0.1) is 23.8 Å². The van der Waals surface area contributed by atoms with Gasteiger partial charge in [0.15, 0.2) is 0 Å². The Hall–Kier alpha value is -1.45. The smallest absolute Gasteiger partial charge is 0.243 e. The number of nitriles is 1. The van der Waals surface area contributed by atoms with Gasteiger partial charge in [-0.15, -0.1) is 11.3 Å². The summed E-state index contributed by atoms with van der Waals surface area (Å²) in [6.07, 6.45) is 0.952. The molecule has 1 aliphatic heterocycles. The highest BCUT2D eigenvalue weighted by Crippen LogP contribution is 2.32. The first-order chi connectivity index (χ1) is 8.68. The molecule has 0 unspecified atom stereocenters. The second-order valence-electron chi connectivity index (χ2n) is 4.45. The quantitative estimate of drug-likeness (QED) is 0.829. The molecular formula is C12H15N3O2S. The molecule has 1 aliphatic rings. The van der Waals surface area contributed by atoms with Gasteiger partial charge in [0.2, 0.25) is 5.91 Å². The van der Waals surface area contributed by atoms with E-state index in [1.165, 1.54) is 11.3 Å². The Kier molecular flexibility index (Phi) is 3.94. The number of rotatable bonds is 3. The van der Waals surface area contributed by atoms with Crippen LogP contribution in [0.5, 0.6) is 0 Å². The predicted molar refractivity (Wildman–Crippen MR) is 66.7 cm³/mol. The number of thiazole rings is 1. The molecule has 0 bridgehead atoms. The van der Waals surface area contributed by atoms with Gasteiger partial charge >= 0.3 is 0 Å². The molecular weight excluding hydrogens is 250 g/mol. The van der Waals surface area contributed by atoms with Crippen molar-refractivity contribution in [3.8, 4) is 6.07 Å². The van der Waals surface area contributed by atoms with E-state index < -0.39 is 5.41 Å². The number of nitrogens with zero attached hydrogens (tertiary/aromatic N) is 3. The summed E-state index contributed by atoms with van der Waals surface area (Å²) in [5, 5.41) is 11.2. The average molecular weight is 265 g/mol. The third-order valence-corrected chi connectivity index (χ3v) is 3.83. The van der Waals surface area contributed by atoms with Crippen LogP contribution in [0.3, 0.4) is 0 Å². The van der Waals surface area contributed by atoms with E-state index in [2.05, 4.69) is 11.1 Å². The molecule has 1 saturated heterocycles. The first-order valence-corrected chi connectivity index (χ1v) is 6.74. The van der Waals surface area contributed by atoms with Crippen molar-refractivity contribution in [3.05, 3.63) is 16.6 Å². The largest absolute Gasteiger partial charge is 0.381 e. The molecule has 0 atom stereocenters. The minimum atomic E-state index is -0.914. The van der Waals surface area contributed by atoms with Gasteiger partial charge in [-0.3, -0.25) is 4.79 Å². The van der Waals surface area contributed by atoms with Crippen molar-refractivity contribution in [1.29, 1.82) is 5.26 Å². The molecule has 5 nitrogen and oxygen atoms in total. The van der Waals surface area contributed by atoms with Gasteiger partial charge in [-0.1, -0.05) is 0 Å². The van der Waals surface area contributed by atoms with Gasteiger partial charge in [-0.2, -0.15) is 5.26 Å². The van der Waals surface area contributed by atoms with Gasteiger partial charge in [-0.25, -0.2) is 4.98 Å². The Labute approximate surface area is 110 Å². The zero-order chi connectivity index (χ0) is 13.0. The summed E-state index contributed by atoms with van der Waals surface area (Å²) in [6.45, 7) is 1.40. The fraction of sp³-hybridized carbons (Fsp3) is 0.583. The summed E-state index contributed by atoms with van der Waals surface area (Å²) < 4.78 is 5.23. The number of aromatic nitrogens is 1.